The van der Waals surface area contributed by atoms with Gasteiger partial charge in [-0.3, -0.25) is 4.79 Å². The summed E-state index contributed by atoms with van der Waals surface area (Å²) in [6.07, 6.45) is 8.74. The maximum atomic E-state index is 12.2. The molecule has 1 aromatic heterocycles. The standard InChI is InChI=1S/C18H27N3O3S/c22-18(10-13-25(23,24)16-6-2-3-7-16)20-15-8-9-17(19-14-15)21-11-4-1-5-12-21/h8-9,14,16H,1-7,10-13H2,(H,20,22). The van der Waals surface area contributed by atoms with E-state index >= 15 is 0 Å². The van der Waals surface area contributed by atoms with Gasteiger partial charge >= 0.3 is 0 Å². The highest BCUT2D eigenvalue weighted by Gasteiger charge is 2.28. The van der Waals surface area contributed by atoms with Crippen molar-refractivity contribution in [1.82, 2.24) is 4.98 Å². The summed E-state index contributed by atoms with van der Waals surface area (Å²) in [6, 6.07) is 3.75. The van der Waals surface area contributed by atoms with E-state index in [1.165, 1.54) is 19.3 Å². The molecule has 1 N–H and O–H groups in total. The van der Waals surface area contributed by atoms with Crippen molar-refractivity contribution in [2.75, 3.05) is 29.1 Å². The van der Waals surface area contributed by atoms with Crippen molar-refractivity contribution >= 4 is 27.2 Å². The number of anilines is 2. The number of nitrogens with one attached hydrogen (secondary N) is 1. The van der Waals surface area contributed by atoms with E-state index in [1.807, 2.05) is 12.1 Å². The lowest BCUT2D eigenvalue weighted by Crippen LogP contribution is -2.30. The van der Waals surface area contributed by atoms with E-state index in [0.717, 1.165) is 44.6 Å². The van der Waals surface area contributed by atoms with Gasteiger partial charge in [0.2, 0.25) is 5.91 Å². The quantitative estimate of drug-likeness (QED) is 0.838. The summed E-state index contributed by atoms with van der Waals surface area (Å²) in [5.74, 6) is 0.596. The number of sulfone groups is 1. The van der Waals surface area contributed by atoms with E-state index in [9.17, 15) is 13.2 Å². The van der Waals surface area contributed by atoms with Crippen LogP contribution in [0.4, 0.5) is 11.5 Å². The highest BCUT2D eigenvalue weighted by molar-refractivity contribution is 7.92. The molecule has 2 heterocycles. The van der Waals surface area contributed by atoms with Crippen LogP contribution in [0.3, 0.4) is 0 Å². The van der Waals surface area contributed by atoms with Gasteiger partial charge < -0.3 is 10.2 Å². The number of carbonyl (C=O) groups excluding carboxylic acids is 1. The first-order valence-corrected chi connectivity index (χ1v) is 11.0. The number of rotatable bonds is 6. The van der Waals surface area contributed by atoms with Crippen molar-refractivity contribution in [3.8, 4) is 0 Å². The van der Waals surface area contributed by atoms with Gasteiger partial charge in [0, 0.05) is 19.5 Å². The number of aromatic nitrogens is 1. The largest absolute Gasteiger partial charge is 0.357 e. The van der Waals surface area contributed by atoms with Crippen LogP contribution in [-0.2, 0) is 14.6 Å². The number of hydrogen-bond acceptors (Lipinski definition) is 5. The minimum absolute atomic E-state index is 0.00666. The SMILES string of the molecule is O=C(CCS(=O)(=O)C1CCCC1)Nc1ccc(N2CCCCC2)nc1. The third-order valence-corrected chi connectivity index (χ3v) is 7.40. The number of hydrogen-bond donors (Lipinski definition) is 1. The lowest BCUT2D eigenvalue weighted by atomic mass is 10.1. The topological polar surface area (TPSA) is 79.4 Å². The molecule has 0 aromatic carbocycles. The first-order valence-electron chi connectivity index (χ1n) is 9.27. The van der Waals surface area contributed by atoms with Crippen LogP contribution in [0.15, 0.2) is 18.3 Å². The monoisotopic (exact) mass is 365 g/mol. The maximum Gasteiger partial charge on any atom is 0.225 e. The van der Waals surface area contributed by atoms with Crippen molar-refractivity contribution in [3.05, 3.63) is 18.3 Å². The van der Waals surface area contributed by atoms with Gasteiger partial charge in [-0.05, 0) is 44.2 Å². The molecule has 2 aliphatic rings. The molecule has 1 saturated heterocycles. The summed E-state index contributed by atoms with van der Waals surface area (Å²) in [5, 5.41) is 2.51. The molecular formula is C18H27N3O3S. The van der Waals surface area contributed by atoms with Crippen LogP contribution in [-0.4, -0.2) is 43.4 Å². The zero-order valence-corrected chi connectivity index (χ0v) is 15.4. The molecule has 1 aliphatic carbocycles. The Morgan fingerprint density at radius 2 is 1.84 bits per heavy atom. The fourth-order valence-corrected chi connectivity index (χ4v) is 5.50. The summed E-state index contributed by atoms with van der Waals surface area (Å²) in [4.78, 5) is 18.7. The van der Waals surface area contributed by atoms with E-state index in [-0.39, 0.29) is 23.3 Å². The Labute approximate surface area is 149 Å². The lowest BCUT2D eigenvalue weighted by molar-refractivity contribution is -0.115. The van der Waals surface area contributed by atoms with Gasteiger partial charge in [0.25, 0.3) is 0 Å². The molecule has 138 valence electrons. The molecule has 25 heavy (non-hydrogen) atoms. The minimum atomic E-state index is -3.15. The molecule has 0 atom stereocenters. The summed E-state index contributed by atoms with van der Waals surface area (Å²) in [7, 11) is -3.15. The summed E-state index contributed by atoms with van der Waals surface area (Å²) >= 11 is 0. The van der Waals surface area contributed by atoms with Crippen molar-refractivity contribution in [2.24, 2.45) is 0 Å². The number of amides is 1. The second-order valence-electron chi connectivity index (χ2n) is 7.02. The number of carbonyl (C=O) groups is 1. The molecule has 1 amide bonds. The highest BCUT2D eigenvalue weighted by atomic mass is 32.2. The van der Waals surface area contributed by atoms with Gasteiger partial charge in [-0.15, -0.1) is 0 Å². The molecule has 2 fully saturated rings. The van der Waals surface area contributed by atoms with E-state index in [1.54, 1.807) is 6.20 Å². The molecule has 1 aliphatic heterocycles. The molecule has 0 bridgehead atoms. The molecule has 1 saturated carbocycles. The minimum Gasteiger partial charge on any atom is -0.357 e. The molecule has 1 aromatic rings. The van der Waals surface area contributed by atoms with Crippen molar-refractivity contribution < 1.29 is 13.2 Å². The summed E-state index contributed by atoms with van der Waals surface area (Å²) in [6.45, 7) is 2.05. The van der Waals surface area contributed by atoms with Crippen LogP contribution < -0.4 is 10.2 Å². The van der Waals surface area contributed by atoms with Crippen LogP contribution in [0.5, 0.6) is 0 Å². The predicted molar refractivity (Wildman–Crippen MR) is 99.6 cm³/mol. The second-order valence-corrected chi connectivity index (χ2v) is 9.43. The van der Waals surface area contributed by atoms with Gasteiger partial charge in [-0.2, -0.15) is 0 Å². The van der Waals surface area contributed by atoms with Crippen LogP contribution in [0, 0.1) is 0 Å². The van der Waals surface area contributed by atoms with Crippen LogP contribution in [0.25, 0.3) is 0 Å². The number of pyridine rings is 1. The Kier molecular flexibility index (Phi) is 5.93. The maximum absolute atomic E-state index is 12.2. The second kappa shape index (κ2) is 8.17. The van der Waals surface area contributed by atoms with Gasteiger partial charge in [0.15, 0.2) is 9.84 Å². The Morgan fingerprint density at radius 1 is 1.12 bits per heavy atom. The predicted octanol–water partition coefficient (Wildman–Crippen LogP) is 2.76. The highest BCUT2D eigenvalue weighted by Crippen LogP contribution is 2.25. The summed E-state index contributed by atoms with van der Waals surface area (Å²) < 4.78 is 24.4. The van der Waals surface area contributed by atoms with Gasteiger partial charge in [-0.1, -0.05) is 12.8 Å². The fourth-order valence-electron chi connectivity index (χ4n) is 3.64. The van der Waals surface area contributed by atoms with E-state index in [2.05, 4.69) is 15.2 Å². The Morgan fingerprint density at radius 3 is 2.48 bits per heavy atom. The van der Waals surface area contributed by atoms with E-state index in [4.69, 9.17) is 0 Å². The van der Waals surface area contributed by atoms with Gasteiger partial charge in [0.05, 0.1) is 22.9 Å². The van der Waals surface area contributed by atoms with Crippen molar-refractivity contribution in [2.45, 2.75) is 56.6 Å². The average molecular weight is 365 g/mol. The molecule has 7 heteroatoms. The molecule has 0 unspecified atom stereocenters. The lowest BCUT2D eigenvalue weighted by Gasteiger charge is -2.27. The van der Waals surface area contributed by atoms with E-state index in [0.29, 0.717) is 5.69 Å². The molecular weight excluding hydrogens is 338 g/mol. The molecule has 6 nitrogen and oxygen atoms in total. The Bertz CT molecular complexity index is 676. The molecule has 0 spiro atoms. The van der Waals surface area contributed by atoms with Gasteiger partial charge in [-0.25, -0.2) is 13.4 Å². The normalized spacial score (nSPS) is 19.1. The van der Waals surface area contributed by atoms with Crippen LogP contribution >= 0.6 is 0 Å². The summed E-state index contributed by atoms with van der Waals surface area (Å²) in [5.41, 5.74) is 0.615. The number of nitrogens with zero attached hydrogens (tertiary/aromatic N) is 2. The van der Waals surface area contributed by atoms with Crippen molar-refractivity contribution in [1.29, 1.82) is 0 Å². The first kappa shape index (κ1) is 18.2. The smallest absolute Gasteiger partial charge is 0.225 e. The third kappa shape index (κ3) is 4.93. The van der Waals surface area contributed by atoms with E-state index < -0.39 is 9.84 Å². The Balaban J connectivity index is 1.49. The molecule has 3 rings (SSSR count). The van der Waals surface area contributed by atoms with Gasteiger partial charge in [0.1, 0.15) is 5.82 Å². The number of piperidine rings is 1. The zero-order valence-electron chi connectivity index (χ0n) is 14.6. The van der Waals surface area contributed by atoms with Crippen molar-refractivity contribution in [3.63, 3.8) is 0 Å². The van der Waals surface area contributed by atoms with Crippen LogP contribution in [0.1, 0.15) is 51.4 Å². The molecule has 0 radical (unpaired) electrons. The first-order chi connectivity index (χ1) is 12.0. The third-order valence-electron chi connectivity index (χ3n) is 5.14. The average Bonchev–Trinajstić information content (AvgIpc) is 3.17. The van der Waals surface area contributed by atoms with Crippen LogP contribution in [0.2, 0.25) is 0 Å². The fraction of sp³-hybridized carbons (Fsp3) is 0.667. The zero-order chi connectivity index (χ0) is 17.7. The Hall–Kier alpha value is -1.63.